The molecule has 1 aromatic carbocycles. The van der Waals surface area contributed by atoms with E-state index in [1.807, 2.05) is 0 Å². The second kappa shape index (κ2) is 6.79. The minimum absolute atomic E-state index is 0.145. The molecule has 3 rings (SSSR count). The van der Waals surface area contributed by atoms with E-state index < -0.39 is 12.1 Å². The summed E-state index contributed by atoms with van der Waals surface area (Å²) in [5.41, 5.74) is 0.886. The van der Waals surface area contributed by atoms with Crippen molar-refractivity contribution in [2.24, 2.45) is 0 Å². The highest BCUT2D eigenvalue weighted by molar-refractivity contribution is 5.92. The summed E-state index contributed by atoms with van der Waals surface area (Å²) < 4.78 is 19.8. The first-order valence-corrected chi connectivity index (χ1v) is 7.47. The third kappa shape index (κ3) is 3.60. The van der Waals surface area contributed by atoms with E-state index in [0.29, 0.717) is 18.8 Å². The van der Waals surface area contributed by atoms with Crippen LogP contribution in [0.15, 0.2) is 36.5 Å². The van der Waals surface area contributed by atoms with Crippen LogP contribution >= 0.6 is 0 Å². The Labute approximate surface area is 137 Å². The highest BCUT2D eigenvalue weighted by Crippen LogP contribution is 2.14. The lowest BCUT2D eigenvalue weighted by molar-refractivity contribution is -0.141. The molecule has 0 bridgehead atoms. The van der Waals surface area contributed by atoms with Gasteiger partial charge in [0.1, 0.15) is 5.82 Å². The SMILES string of the molecule is O=C(O)C[C@H]1CN(C(=O)c2ccn(-c3ccc(F)cc3)n2)CCO1. The van der Waals surface area contributed by atoms with Gasteiger partial charge in [-0.1, -0.05) is 0 Å². The van der Waals surface area contributed by atoms with Crippen LogP contribution in [0, 0.1) is 5.82 Å². The number of carboxylic acids is 1. The molecule has 1 N–H and O–H groups in total. The molecule has 0 unspecified atom stereocenters. The molecule has 126 valence electrons. The normalized spacial score (nSPS) is 17.7. The number of rotatable bonds is 4. The third-order valence-electron chi connectivity index (χ3n) is 3.73. The predicted octanol–water partition coefficient (Wildman–Crippen LogP) is 1.33. The van der Waals surface area contributed by atoms with E-state index in [1.165, 1.54) is 21.7 Å². The van der Waals surface area contributed by atoms with Gasteiger partial charge in [-0.05, 0) is 30.3 Å². The largest absolute Gasteiger partial charge is 0.481 e. The number of benzene rings is 1. The zero-order chi connectivity index (χ0) is 17.1. The summed E-state index contributed by atoms with van der Waals surface area (Å²) in [5.74, 6) is -1.59. The maximum Gasteiger partial charge on any atom is 0.306 e. The number of aromatic nitrogens is 2. The average Bonchev–Trinajstić information content (AvgIpc) is 3.04. The number of hydrogen-bond donors (Lipinski definition) is 1. The van der Waals surface area contributed by atoms with Gasteiger partial charge in [0.15, 0.2) is 5.69 Å². The molecular formula is C16H16FN3O4. The summed E-state index contributed by atoms with van der Waals surface area (Å²) in [4.78, 5) is 24.8. The first kappa shape index (κ1) is 16.1. The fourth-order valence-corrected chi connectivity index (χ4v) is 2.56. The number of morpholine rings is 1. The van der Waals surface area contributed by atoms with E-state index in [0.717, 1.165) is 0 Å². The molecule has 1 fully saturated rings. The predicted molar refractivity (Wildman–Crippen MR) is 81.4 cm³/mol. The Kier molecular flexibility index (Phi) is 4.57. The lowest BCUT2D eigenvalue weighted by atomic mass is 10.2. The van der Waals surface area contributed by atoms with Gasteiger partial charge in [0.2, 0.25) is 0 Å². The van der Waals surface area contributed by atoms with E-state index in [1.54, 1.807) is 24.4 Å². The number of carbonyl (C=O) groups excluding carboxylic acids is 1. The lowest BCUT2D eigenvalue weighted by Gasteiger charge is -2.31. The van der Waals surface area contributed by atoms with Crippen LogP contribution in [-0.4, -0.2) is 57.5 Å². The number of carbonyl (C=O) groups is 2. The van der Waals surface area contributed by atoms with Crippen LogP contribution in [0.3, 0.4) is 0 Å². The first-order valence-electron chi connectivity index (χ1n) is 7.47. The minimum atomic E-state index is -0.963. The highest BCUT2D eigenvalue weighted by atomic mass is 19.1. The number of amides is 1. The van der Waals surface area contributed by atoms with Crippen molar-refractivity contribution in [3.8, 4) is 5.69 Å². The summed E-state index contributed by atoms with van der Waals surface area (Å²) in [6, 6.07) is 7.34. The van der Waals surface area contributed by atoms with Crippen LogP contribution in [0.1, 0.15) is 16.9 Å². The van der Waals surface area contributed by atoms with Crippen molar-refractivity contribution in [1.82, 2.24) is 14.7 Å². The molecule has 1 amide bonds. The van der Waals surface area contributed by atoms with Crippen molar-refractivity contribution < 1.29 is 23.8 Å². The standard InChI is InChI=1S/C16H16FN3O4/c17-11-1-3-12(4-2-11)20-6-5-14(18-20)16(23)19-7-8-24-13(10-19)9-15(21)22/h1-6,13H,7-10H2,(H,21,22)/t13-/m0/s1. The van der Waals surface area contributed by atoms with Gasteiger partial charge in [-0.3, -0.25) is 9.59 Å². The van der Waals surface area contributed by atoms with Crippen molar-refractivity contribution >= 4 is 11.9 Å². The Bertz CT molecular complexity index is 744. The number of aliphatic carboxylic acids is 1. The van der Waals surface area contributed by atoms with Gasteiger partial charge >= 0.3 is 5.97 Å². The van der Waals surface area contributed by atoms with Crippen molar-refractivity contribution in [3.63, 3.8) is 0 Å². The summed E-state index contributed by atoms with van der Waals surface area (Å²) in [6.07, 6.45) is 0.961. The van der Waals surface area contributed by atoms with Crippen LogP contribution in [0.2, 0.25) is 0 Å². The molecule has 2 heterocycles. The van der Waals surface area contributed by atoms with Gasteiger partial charge in [0, 0.05) is 19.3 Å². The van der Waals surface area contributed by atoms with Gasteiger partial charge in [-0.2, -0.15) is 5.10 Å². The molecule has 0 saturated carbocycles. The maximum absolute atomic E-state index is 13.0. The van der Waals surface area contributed by atoms with Gasteiger partial charge in [-0.15, -0.1) is 0 Å². The van der Waals surface area contributed by atoms with Crippen molar-refractivity contribution in [2.45, 2.75) is 12.5 Å². The van der Waals surface area contributed by atoms with Crippen molar-refractivity contribution in [1.29, 1.82) is 0 Å². The summed E-state index contributed by atoms with van der Waals surface area (Å²) >= 11 is 0. The summed E-state index contributed by atoms with van der Waals surface area (Å²) in [5, 5.41) is 13.0. The summed E-state index contributed by atoms with van der Waals surface area (Å²) in [7, 11) is 0. The van der Waals surface area contributed by atoms with Crippen molar-refractivity contribution in [2.75, 3.05) is 19.7 Å². The Hall–Kier alpha value is -2.74. The lowest BCUT2D eigenvalue weighted by Crippen LogP contribution is -2.46. The van der Waals surface area contributed by atoms with Gasteiger partial charge in [-0.25, -0.2) is 9.07 Å². The zero-order valence-corrected chi connectivity index (χ0v) is 12.8. The van der Waals surface area contributed by atoms with E-state index in [2.05, 4.69) is 5.10 Å². The smallest absolute Gasteiger partial charge is 0.306 e. The Morgan fingerprint density at radius 3 is 2.75 bits per heavy atom. The number of nitrogens with zero attached hydrogens (tertiary/aromatic N) is 3. The molecule has 7 nitrogen and oxygen atoms in total. The summed E-state index contributed by atoms with van der Waals surface area (Å²) in [6.45, 7) is 0.898. The van der Waals surface area contributed by atoms with Crippen LogP contribution in [-0.2, 0) is 9.53 Å². The molecule has 1 atom stereocenters. The van der Waals surface area contributed by atoms with Crippen LogP contribution < -0.4 is 0 Å². The van der Waals surface area contributed by atoms with E-state index >= 15 is 0 Å². The van der Waals surface area contributed by atoms with Crippen molar-refractivity contribution in [3.05, 3.63) is 48.0 Å². The number of carboxylic acid groups (broad SMARTS) is 1. The number of hydrogen-bond acceptors (Lipinski definition) is 4. The number of halogens is 1. The molecule has 1 aromatic heterocycles. The number of ether oxygens (including phenoxy) is 1. The molecular weight excluding hydrogens is 317 g/mol. The molecule has 0 spiro atoms. The van der Waals surface area contributed by atoms with E-state index in [4.69, 9.17) is 9.84 Å². The Morgan fingerprint density at radius 2 is 2.04 bits per heavy atom. The molecule has 8 heteroatoms. The highest BCUT2D eigenvalue weighted by Gasteiger charge is 2.27. The second-order valence-electron chi connectivity index (χ2n) is 5.46. The Morgan fingerprint density at radius 1 is 1.29 bits per heavy atom. The average molecular weight is 333 g/mol. The minimum Gasteiger partial charge on any atom is -0.481 e. The maximum atomic E-state index is 13.0. The zero-order valence-electron chi connectivity index (χ0n) is 12.8. The molecule has 1 aliphatic heterocycles. The topological polar surface area (TPSA) is 84.7 Å². The third-order valence-corrected chi connectivity index (χ3v) is 3.73. The van der Waals surface area contributed by atoms with Gasteiger partial charge in [0.25, 0.3) is 5.91 Å². The fourth-order valence-electron chi connectivity index (χ4n) is 2.56. The fraction of sp³-hybridized carbons (Fsp3) is 0.312. The van der Waals surface area contributed by atoms with E-state index in [-0.39, 0.29) is 30.4 Å². The molecule has 1 saturated heterocycles. The van der Waals surface area contributed by atoms with Gasteiger partial charge < -0.3 is 14.7 Å². The molecule has 0 radical (unpaired) electrons. The van der Waals surface area contributed by atoms with Crippen LogP contribution in [0.25, 0.3) is 5.69 Å². The van der Waals surface area contributed by atoms with E-state index in [9.17, 15) is 14.0 Å². The second-order valence-corrected chi connectivity index (χ2v) is 5.46. The first-order chi connectivity index (χ1) is 11.5. The Balaban J connectivity index is 1.71. The molecule has 0 aliphatic carbocycles. The van der Waals surface area contributed by atoms with Crippen LogP contribution in [0.5, 0.6) is 0 Å². The van der Waals surface area contributed by atoms with Gasteiger partial charge in [0.05, 0.1) is 24.8 Å². The molecule has 2 aromatic rings. The quantitative estimate of drug-likeness (QED) is 0.912. The molecule has 24 heavy (non-hydrogen) atoms. The monoisotopic (exact) mass is 333 g/mol. The molecule has 1 aliphatic rings. The van der Waals surface area contributed by atoms with Crippen LogP contribution in [0.4, 0.5) is 4.39 Å².